The van der Waals surface area contributed by atoms with Crippen LogP contribution in [0.25, 0.3) is 10.8 Å². The van der Waals surface area contributed by atoms with Crippen molar-refractivity contribution in [2.75, 3.05) is 26.7 Å². The molecule has 2 N–H and O–H groups in total. The fourth-order valence-corrected chi connectivity index (χ4v) is 4.40. The highest BCUT2D eigenvalue weighted by atomic mass is 19.3. The fraction of sp³-hybridized carbons (Fsp3) is 0.441. The van der Waals surface area contributed by atoms with E-state index in [1.807, 2.05) is 40.8 Å². The molecule has 0 aliphatic carbocycles. The number of alkyl halides is 2. The number of rotatable bonds is 8. The second kappa shape index (κ2) is 19.7. The Hall–Kier alpha value is -3.27. The number of fused-ring (bicyclic) bond motifs is 1. The minimum atomic E-state index is -2.79. The minimum absolute atomic E-state index is 0.0741. The number of carbonyl (C=O) groups is 1. The Kier molecular flexibility index (Phi) is 17.1. The maximum absolute atomic E-state index is 13.3. The van der Waals surface area contributed by atoms with Crippen LogP contribution in [0.2, 0.25) is 0 Å². The second-order valence-corrected chi connectivity index (χ2v) is 9.50. The Bertz CT molecular complexity index is 1160. The van der Waals surface area contributed by atoms with Gasteiger partial charge in [0.25, 0.3) is 5.92 Å². The van der Waals surface area contributed by atoms with Crippen molar-refractivity contribution in [3.63, 3.8) is 0 Å². The molecular weight excluding hydrogens is 504 g/mol. The smallest absolute Gasteiger partial charge is 0.270 e. The van der Waals surface area contributed by atoms with Crippen molar-refractivity contribution in [3.8, 4) is 11.8 Å². The lowest BCUT2D eigenvalue weighted by molar-refractivity contribution is -0.109. The van der Waals surface area contributed by atoms with Gasteiger partial charge in [0.1, 0.15) is 0 Å². The highest BCUT2D eigenvalue weighted by Crippen LogP contribution is 2.28. The van der Waals surface area contributed by atoms with Crippen molar-refractivity contribution in [1.82, 2.24) is 15.5 Å². The molecule has 1 fully saturated rings. The van der Waals surface area contributed by atoms with E-state index in [1.54, 1.807) is 12.1 Å². The average Bonchev–Trinajstić information content (AvgIpc) is 2.98. The molecule has 1 saturated heterocycles. The molecule has 218 valence electrons. The third kappa shape index (κ3) is 12.7. The number of benzene rings is 3. The predicted molar refractivity (Wildman–Crippen MR) is 165 cm³/mol. The molecule has 40 heavy (non-hydrogen) atoms. The van der Waals surface area contributed by atoms with Gasteiger partial charge in [-0.15, -0.1) is 11.8 Å². The van der Waals surface area contributed by atoms with Crippen LogP contribution in [0, 0.1) is 17.8 Å². The van der Waals surface area contributed by atoms with Crippen molar-refractivity contribution < 1.29 is 13.6 Å². The largest absolute Gasteiger partial charge is 0.358 e. The summed E-state index contributed by atoms with van der Waals surface area (Å²) < 4.78 is 26.7. The van der Waals surface area contributed by atoms with Gasteiger partial charge in [0, 0.05) is 32.1 Å². The quantitative estimate of drug-likeness (QED) is 0.227. The first-order chi connectivity index (χ1) is 19.3. The summed E-state index contributed by atoms with van der Waals surface area (Å²) in [6.07, 6.45) is 2.80. The first-order valence-electron chi connectivity index (χ1n) is 14.1. The van der Waals surface area contributed by atoms with E-state index < -0.39 is 5.92 Å². The lowest BCUT2D eigenvalue weighted by Gasteiger charge is -2.31. The Morgan fingerprint density at radius 3 is 2.20 bits per heavy atom. The number of halogens is 2. The SMILES string of the molecule is CC.CC#CC.CC(F)(F)c1cccc(CN2CCC(CNC=O)CC2)c1.CNCc1cccc2ccccc12. The van der Waals surface area contributed by atoms with Crippen molar-refractivity contribution in [1.29, 1.82) is 0 Å². The Labute approximate surface area is 240 Å². The standard InChI is InChI=1S/C16H22F2N2O.C12H13N.C4H6.C2H6/c1-16(17,18)15-4-2-3-14(9-15)11-20-7-5-13(6-8-20)10-19-12-21;1-13-9-11-7-4-6-10-5-2-3-8-12(10)11;1-3-4-2;1-2/h2-4,9,12-13H,5-8,10-11H2,1H3,(H,19,21);2-8,13H,9H2,1H3;1-2H3;1-2H3. The molecule has 0 spiro atoms. The number of nitrogens with one attached hydrogen (secondary N) is 2. The molecule has 0 saturated carbocycles. The van der Waals surface area contributed by atoms with E-state index in [1.165, 1.54) is 22.4 Å². The van der Waals surface area contributed by atoms with Gasteiger partial charge in [0.05, 0.1) is 0 Å². The molecule has 1 aliphatic rings. The predicted octanol–water partition coefficient (Wildman–Crippen LogP) is 7.37. The molecule has 1 heterocycles. The van der Waals surface area contributed by atoms with Crippen molar-refractivity contribution >= 4 is 17.2 Å². The van der Waals surface area contributed by atoms with Crippen LogP contribution in [0.15, 0.2) is 66.7 Å². The maximum atomic E-state index is 13.3. The summed E-state index contributed by atoms with van der Waals surface area (Å²) in [7, 11) is 1.97. The van der Waals surface area contributed by atoms with E-state index in [9.17, 15) is 13.6 Å². The van der Waals surface area contributed by atoms with Crippen molar-refractivity contribution in [3.05, 3.63) is 83.4 Å². The molecule has 0 unspecified atom stereocenters. The summed E-state index contributed by atoms with van der Waals surface area (Å²) in [6, 6.07) is 21.6. The monoisotopic (exact) mass is 551 g/mol. The van der Waals surface area contributed by atoms with E-state index in [0.717, 1.165) is 57.9 Å². The summed E-state index contributed by atoms with van der Waals surface area (Å²) in [5.41, 5.74) is 2.36. The van der Waals surface area contributed by atoms with Crippen LogP contribution in [0.4, 0.5) is 8.78 Å². The third-order valence-electron chi connectivity index (χ3n) is 6.53. The van der Waals surface area contributed by atoms with E-state index >= 15 is 0 Å². The zero-order valence-electron chi connectivity index (χ0n) is 25.1. The highest BCUT2D eigenvalue weighted by Gasteiger charge is 2.25. The van der Waals surface area contributed by atoms with Gasteiger partial charge >= 0.3 is 0 Å². The molecule has 0 aromatic heterocycles. The minimum Gasteiger partial charge on any atom is -0.358 e. The topological polar surface area (TPSA) is 44.4 Å². The summed E-state index contributed by atoms with van der Waals surface area (Å²) in [5, 5.41) is 8.56. The zero-order chi connectivity index (χ0) is 29.8. The van der Waals surface area contributed by atoms with Crippen LogP contribution in [0.1, 0.15) is 64.2 Å². The number of nitrogens with zero attached hydrogens (tertiary/aromatic N) is 1. The molecule has 0 atom stereocenters. The Morgan fingerprint density at radius 2 is 1.60 bits per heavy atom. The van der Waals surface area contributed by atoms with Crippen molar-refractivity contribution in [2.24, 2.45) is 5.92 Å². The van der Waals surface area contributed by atoms with Gasteiger partial charge < -0.3 is 10.6 Å². The number of amides is 1. The van der Waals surface area contributed by atoms with E-state index in [4.69, 9.17) is 0 Å². The van der Waals surface area contributed by atoms with Crippen LogP contribution >= 0.6 is 0 Å². The van der Waals surface area contributed by atoms with E-state index in [2.05, 4.69) is 69.8 Å². The van der Waals surface area contributed by atoms with Crippen LogP contribution in [0.3, 0.4) is 0 Å². The van der Waals surface area contributed by atoms with Crippen LogP contribution in [-0.2, 0) is 23.8 Å². The van der Waals surface area contributed by atoms with Gasteiger partial charge in [-0.05, 0) is 80.7 Å². The second-order valence-electron chi connectivity index (χ2n) is 9.50. The first-order valence-corrected chi connectivity index (χ1v) is 14.1. The van der Waals surface area contributed by atoms with Crippen LogP contribution in [0.5, 0.6) is 0 Å². The lowest BCUT2D eigenvalue weighted by atomic mass is 9.96. The number of hydrogen-bond donors (Lipinski definition) is 2. The molecule has 1 aliphatic heterocycles. The Morgan fingerprint density at radius 1 is 0.975 bits per heavy atom. The highest BCUT2D eigenvalue weighted by molar-refractivity contribution is 5.85. The lowest BCUT2D eigenvalue weighted by Crippen LogP contribution is -2.36. The molecule has 4 nitrogen and oxygen atoms in total. The van der Waals surface area contributed by atoms with Gasteiger partial charge in [0.2, 0.25) is 6.41 Å². The summed E-state index contributed by atoms with van der Waals surface area (Å²) in [5.74, 6) is 3.10. The first kappa shape index (κ1) is 34.8. The normalized spacial score (nSPS) is 13.2. The molecule has 3 aromatic rings. The number of likely N-dealkylation sites (tertiary alicyclic amines) is 1. The van der Waals surface area contributed by atoms with Gasteiger partial charge in [-0.2, -0.15) is 0 Å². The van der Waals surface area contributed by atoms with Gasteiger partial charge in [-0.1, -0.05) is 74.5 Å². The molecule has 3 aromatic carbocycles. The van der Waals surface area contributed by atoms with Gasteiger partial charge in [-0.3, -0.25) is 9.69 Å². The molecule has 4 rings (SSSR count). The molecule has 0 bridgehead atoms. The molecule has 1 amide bonds. The summed E-state index contributed by atoms with van der Waals surface area (Å²) in [4.78, 5) is 12.6. The number of piperidine rings is 1. The summed E-state index contributed by atoms with van der Waals surface area (Å²) >= 11 is 0. The molecular formula is C34H47F2N3O. The van der Waals surface area contributed by atoms with Gasteiger partial charge in [-0.25, -0.2) is 8.78 Å². The molecule has 0 radical (unpaired) electrons. The zero-order valence-corrected chi connectivity index (χ0v) is 25.1. The number of hydrogen-bond acceptors (Lipinski definition) is 3. The van der Waals surface area contributed by atoms with Crippen LogP contribution in [-0.4, -0.2) is 38.0 Å². The fourth-order valence-electron chi connectivity index (χ4n) is 4.40. The van der Waals surface area contributed by atoms with Gasteiger partial charge in [0.15, 0.2) is 0 Å². The van der Waals surface area contributed by atoms with Crippen LogP contribution < -0.4 is 10.6 Å². The molecule has 6 heteroatoms. The maximum Gasteiger partial charge on any atom is 0.270 e. The third-order valence-corrected chi connectivity index (χ3v) is 6.53. The summed E-state index contributed by atoms with van der Waals surface area (Å²) in [6.45, 7) is 12.8. The Balaban J connectivity index is 0.000000357. The van der Waals surface area contributed by atoms with Crippen molar-refractivity contribution in [2.45, 2.75) is 66.5 Å². The number of carbonyl (C=O) groups excluding carboxylic acids is 1. The van der Waals surface area contributed by atoms with E-state index in [0.29, 0.717) is 12.5 Å². The van der Waals surface area contributed by atoms with E-state index in [-0.39, 0.29) is 5.56 Å². The average molecular weight is 552 g/mol.